The molecule has 1 aromatic rings. The summed E-state index contributed by atoms with van der Waals surface area (Å²) < 4.78 is 37.9. The Labute approximate surface area is 132 Å². The standard InChI is InChI=1S/C14H22F3N3OS/c1-4-9(11-20-10(7-22-11)14(15,16)17)19-12(21)13(5-2,6-3)8-18/h7,9H,4-6,8,18H2,1-3H3,(H,19,21). The maximum atomic E-state index is 12.6. The summed E-state index contributed by atoms with van der Waals surface area (Å²) in [5, 5.41) is 4.04. The molecule has 1 amide bonds. The SMILES string of the molecule is CCC(NC(=O)C(CC)(CC)CN)c1nc(C(F)(F)F)cs1. The lowest BCUT2D eigenvalue weighted by Crippen LogP contribution is -2.46. The van der Waals surface area contributed by atoms with Crippen LogP contribution in [-0.4, -0.2) is 17.4 Å². The van der Waals surface area contributed by atoms with Crippen LogP contribution in [0.25, 0.3) is 0 Å². The number of carbonyl (C=O) groups excluding carboxylic acids is 1. The van der Waals surface area contributed by atoms with E-state index in [9.17, 15) is 18.0 Å². The summed E-state index contributed by atoms with van der Waals surface area (Å²) in [6, 6.07) is -0.530. The van der Waals surface area contributed by atoms with Crippen molar-refractivity contribution in [2.45, 2.75) is 52.3 Å². The van der Waals surface area contributed by atoms with Crippen molar-refractivity contribution < 1.29 is 18.0 Å². The highest BCUT2D eigenvalue weighted by Crippen LogP contribution is 2.33. The second-order valence-corrected chi connectivity index (χ2v) is 6.08. The van der Waals surface area contributed by atoms with Gasteiger partial charge in [0.05, 0.1) is 11.5 Å². The van der Waals surface area contributed by atoms with Crippen LogP contribution < -0.4 is 11.1 Å². The molecule has 22 heavy (non-hydrogen) atoms. The Balaban J connectivity index is 2.94. The Morgan fingerprint density at radius 1 is 1.36 bits per heavy atom. The third-order valence-electron chi connectivity index (χ3n) is 4.05. The fourth-order valence-electron chi connectivity index (χ4n) is 2.18. The van der Waals surface area contributed by atoms with E-state index in [1.165, 1.54) is 0 Å². The molecule has 0 bridgehead atoms. The number of thiazole rings is 1. The zero-order chi connectivity index (χ0) is 17.0. The highest BCUT2D eigenvalue weighted by molar-refractivity contribution is 7.09. The average molecular weight is 337 g/mol. The Kier molecular flexibility index (Phi) is 6.37. The molecule has 0 fully saturated rings. The number of amides is 1. The van der Waals surface area contributed by atoms with Gasteiger partial charge in [-0.15, -0.1) is 11.3 Å². The van der Waals surface area contributed by atoms with Crippen LogP contribution in [-0.2, 0) is 11.0 Å². The van der Waals surface area contributed by atoms with E-state index in [4.69, 9.17) is 5.73 Å². The molecule has 8 heteroatoms. The summed E-state index contributed by atoms with van der Waals surface area (Å²) in [4.78, 5) is 16.1. The second kappa shape index (κ2) is 7.41. The molecule has 0 saturated heterocycles. The molecule has 0 saturated carbocycles. The van der Waals surface area contributed by atoms with E-state index in [-0.39, 0.29) is 17.5 Å². The minimum Gasteiger partial charge on any atom is -0.346 e. The molecule has 0 aromatic carbocycles. The molecule has 1 heterocycles. The first kappa shape index (κ1) is 18.9. The minimum atomic E-state index is -4.47. The molecule has 126 valence electrons. The largest absolute Gasteiger partial charge is 0.434 e. The van der Waals surface area contributed by atoms with Gasteiger partial charge in [0.1, 0.15) is 5.01 Å². The van der Waals surface area contributed by atoms with Gasteiger partial charge in [0.15, 0.2) is 5.69 Å². The number of nitrogens with zero attached hydrogens (tertiary/aromatic N) is 1. The zero-order valence-corrected chi connectivity index (χ0v) is 13.8. The van der Waals surface area contributed by atoms with Crippen molar-refractivity contribution in [3.8, 4) is 0 Å². The van der Waals surface area contributed by atoms with Crippen molar-refractivity contribution in [1.29, 1.82) is 0 Å². The second-order valence-electron chi connectivity index (χ2n) is 5.19. The smallest absolute Gasteiger partial charge is 0.346 e. The first-order valence-electron chi connectivity index (χ1n) is 7.27. The van der Waals surface area contributed by atoms with E-state index in [1.807, 2.05) is 13.8 Å². The molecule has 0 aliphatic heterocycles. The number of nitrogens with two attached hydrogens (primary N) is 1. The topological polar surface area (TPSA) is 68.0 Å². The van der Waals surface area contributed by atoms with Crippen molar-refractivity contribution in [2.24, 2.45) is 11.1 Å². The highest BCUT2D eigenvalue weighted by Gasteiger charge is 2.37. The maximum Gasteiger partial charge on any atom is 0.434 e. The fourth-order valence-corrected chi connectivity index (χ4v) is 3.14. The van der Waals surface area contributed by atoms with Gasteiger partial charge in [0.25, 0.3) is 0 Å². The maximum absolute atomic E-state index is 12.6. The van der Waals surface area contributed by atoms with E-state index < -0.39 is 23.3 Å². The lowest BCUT2D eigenvalue weighted by Gasteiger charge is -2.30. The summed E-state index contributed by atoms with van der Waals surface area (Å²) in [6.07, 6.45) is -2.85. The fraction of sp³-hybridized carbons (Fsp3) is 0.714. The molecule has 1 unspecified atom stereocenters. The van der Waals surface area contributed by atoms with Gasteiger partial charge in [-0.1, -0.05) is 20.8 Å². The number of hydrogen-bond acceptors (Lipinski definition) is 4. The van der Waals surface area contributed by atoms with Gasteiger partial charge >= 0.3 is 6.18 Å². The van der Waals surface area contributed by atoms with Gasteiger partial charge in [0, 0.05) is 11.9 Å². The van der Waals surface area contributed by atoms with Gasteiger partial charge in [-0.3, -0.25) is 4.79 Å². The Hall–Kier alpha value is -1.15. The Morgan fingerprint density at radius 3 is 2.32 bits per heavy atom. The summed E-state index contributed by atoms with van der Waals surface area (Å²) in [7, 11) is 0. The van der Waals surface area contributed by atoms with Gasteiger partial charge < -0.3 is 11.1 Å². The summed E-state index contributed by atoms with van der Waals surface area (Å²) >= 11 is 0.907. The van der Waals surface area contributed by atoms with E-state index in [0.717, 1.165) is 16.7 Å². The van der Waals surface area contributed by atoms with Crippen LogP contribution in [0.5, 0.6) is 0 Å². The first-order valence-corrected chi connectivity index (χ1v) is 8.15. The lowest BCUT2D eigenvalue weighted by atomic mass is 9.81. The van der Waals surface area contributed by atoms with Crippen molar-refractivity contribution in [3.05, 3.63) is 16.1 Å². The zero-order valence-electron chi connectivity index (χ0n) is 13.0. The molecule has 1 atom stereocenters. The van der Waals surface area contributed by atoms with Crippen LogP contribution in [0.2, 0.25) is 0 Å². The van der Waals surface area contributed by atoms with E-state index in [2.05, 4.69) is 10.3 Å². The minimum absolute atomic E-state index is 0.202. The third kappa shape index (κ3) is 3.98. The van der Waals surface area contributed by atoms with Crippen LogP contribution in [0.15, 0.2) is 5.38 Å². The average Bonchev–Trinajstić information content (AvgIpc) is 2.97. The normalized spacial score (nSPS) is 14.0. The van der Waals surface area contributed by atoms with Crippen LogP contribution in [0.1, 0.15) is 56.8 Å². The molecule has 3 N–H and O–H groups in total. The van der Waals surface area contributed by atoms with Gasteiger partial charge in [-0.05, 0) is 19.3 Å². The molecule has 0 radical (unpaired) electrons. The number of hydrogen-bond donors (Lipinski definition) is 2. The van der Waals surface area contributed by atoms with Gasteiger partial charge in [0.2, 0.25) is 5.91 Å². The summed E-state index contributed by atoms with van der Waals surface area (Å²) in [6.45, 7) is 5.75. The quantitative estimate of drug-likeness (QED) is 0.800. The molecule has 0 aliphatic carbocycles. The number of alkyl halides is 3. The van der Waals surface area contributed by atoms with E-state index in [1.54, 1.807) is 6.92 Å². The number of nitrogens with one attached hydrogen (secondary N) is 1. The lowest BCUT2D eigenvalue weighted by molar-refractivity contribution is -0.140. The molecule has 4 nitrogen and oxygen atoms in total. The summed E-state index contributed by atoms with van der Waals surface area (Å²) in [5.74, 6) is -0.226. The molecule has 0 spiro atoms. The predicted molar refractivity (Wildman–Crippen MR) is 80.4 cm³/mol. The van der Waals surface area contributed by atoms with Crippen LogP contribution >= 0.6 is 11.3 Å². The van der Waals surface area contributed by atoms with Crippen LogP contribution in [0, 0.1) is 5.41 Å². The van der Waals surface area contributed by atoms with Crippen molar-refractivity contribution >= 4 is 17.2 Å². The summed E-state index contributed by atoms with van der Waals surface area (Å²) in [5.41, 5.74) is 4.12. The number of halogens is 3. The Morgan fingerprint density at radius 2 is 1.95 bits per heavy atom. The number of aromatic nitrogens is 1. The number of carbonyl (C=O) groups is 1. The van der Waals surface area contributed by atoms with E-state index >= 15 is 0 Å². The van der Waals surface area contributed by atoms with Gasteiger partial charge in [-0.25, -0.2) is 4.98 Å². The van der Waals surface area contributed by atoms with Crippen LogP contribution in [0.3, 0.4) is 0 Å². The molecular weight excluding hydrogens is 315 g/mol. The molecule has 1 aromatic heterocycles. The van der Waals surface area contributed by atoms with Crippen molar-refractivity contribution in [2.75, 3.05) is 6.54 Å². The molecular formula is C14H22F3N3OS. The molecule has 1 rings (SSSR count). The molecule has 0 aliphatic rings. The third-order valence-corrected chi connectivity index (χ3v) is 5.01. The first-order chi connectivity index (χ1) is 10.2. The van der Waals surface area contributed by atoms with Crippen LogP contribution in [0.4, 0.5) is 13.2 Å². The van der Waals surface area contributed by atoms with Crippen molar-refractivity contribution in [3.63, 3.8) is 0 Å². The predicted octanol–water partition coefficient (Wildman–Crippen LogP) is 3.49. The van der Waals surface area contributed by atoms with E-state index in [0.29, 0.717) is 19.3 Å². The highest BCUT2D eigenvalue weighted by atomic mass is 32.1. The van der Waals surface area contributed by atoms with Gasteiger partial charge in [-0.2, -0.15) is 13.2 Å². The monoisotopic (exact) mass is 337 g/mol. The Bertz CT molecular complexity index is 490. The number of rotatable bonds is 7. The van der Waals surface area contributed by atoms with Crippen molar-refractivity contribution in [1.82, 2.24) is 10.3 Å².